The lowest BCUT2D eigenvalue weighted by Gasteiger charge is -2.16. The van der Waals surface area contributed by atoms with Crippen LogP contribution in [-0.4, -0.2) is 27.6 Å². The number of ether oxygens (including phenoxy) is 1. The minimum Gasteiger partial charge on any atom is -0.480 e. The molecule has 2 aromatic carbocycles. The highest BCUT2D eigenvalue weighted by atomic mass is 35.5. The van der Waals surface area contributed by atoms with Gasteiger partial charge in [-0.3, -0.25) is 9.00 Å². The van der Waals surface area contributed by atoms with E-state index in [0.717, 1.165) is 12.1 Å². The number of hydrogen-bond acceptors (Lipinski definition) is 4. The number of anilines is 1. The summed E-state index contributed by atoms with van der Waals surface area (Å²) in [5.74, 6) is -1.18. The van der Waals surface area contributed by atoms with Crippen molar-refractivity contribution in [1.29, 1.82) is 0 Å². The van der Waals surface area contributed by atoms with E-state index in [-0.39, 0.29) is 32.9 Å². The summed E-state index contributed by atoms with van der Waals surface area (Å²) in [5, 5.41) is 11.6. The SMILES string of the molecule is CCS(=O)c1ccc(Oc2cc(Cl)ccc2NCC(=O)O)cc1C(F)(F)F. The van der Waals surface area contributed by atoms with Crippen LogP contribution in [0.15, 0.2) is 41.3 Å². The van der Waals surface area contributed by atoms with E-state index >= 15 is 0 Å². The molecule has 1 atom stereocenters. The topological polar surface area (TPSA) is 75.6 Å². The van der Waals surface area contributed by atoms with Crippen LogP contribution in [0.5, 0.6) is 11.5 Å². The summed E-state index contributed by atoms with van der Waals surface area (Å²) >= 11 is 5.89. The average molecular weight is 422 g/mol. The van der Waals surface area contributed by atoms with Crippen molar-refractivity contribution < 1.29 is 32.0 Å². The van der Waals surface area contributed by atoms with Gasteiger partial charge >= 0.3 is 12.1 Å². The molecule has 2 N–H and O–H groups in total. The summed E-state index contributed by atoms with van der Waals surface area (Å²) in [6.07, 6.45) is -4.71. The smallest absolute Gasteiger partial charge is 0.417 e. The van der Waals surface area contributed by atoms with Crippen molar-refractivity contribution in [3.8, 4) is 11.5 Å². The molecule has 0 aliphatic carbocycles. The molecule has 0 aliphatic rings. The van der Waals surface area contributed by atoms with Crippen molar-refractivity contribution in [3.05, 3.63) is 47.0 Å². The van der Waals surface area contributed by atoms with Gasteiger partial charge in [0.1, 0.15) is 12.3 Å². The van der Waals surface area contributed by atoms with Gasteiger partial charge in [0.05, 0.1) is 26.9 Å². The van der Waals surface area contributed by atoms with Crippen molar-refractivity contribution in [1.82, 2.24) is 0 Å². The number of carboxylic acid groups (broad SMARTS) is 1. The summed E-state index contributed by atoms with van der Waals surface area (Å²) in [6, 6.07) is 7.40. The number of alkyl halides is 3. The number of hydrogen-bond donors (Lipinski definition) is 2. The summed E-state index contributed by atoms with van der Waals surface area (Å²) in [7, 11) is -1.79. The lowest BCUT2D eigenvalue weighted by molar-refractivity contribution is -0.140. The molecule has 10 heteroatoms. The van der Waals surface area contributed by atoms with Gasteiger partial charge in [-0.15, -0.1) is 0 Å². The molecule has 27 heavy (non-hydrogen) atoms. The zero-order valence-corrected chi connectivity index (χ0v) is 15.5. The highest BCUT2D eigenvalue weighted by Crippen LogP contribution is 2.38. The maximum atomic E-state index is 13.3. The number of rotatable bonds is 7. The van der Waals surface area contributed by atoms with Gasteiger partial charge in [0.15, 0.2) is 5.75 Å². The van der Waals surface area contributed by atoms with Crippen LogP contribution in [-0.2, 0) is 21.8 Å². The fourth-order valence-electron chi connectivity index (χ4n) is 2.17. The quantitative estimate of drug-likeness (QED) is 0.673. The van der Waals surface area contributed by atoms with Crippen LogP contribution < -0.4 is 10.1 Å². The van der Waals surface area contributed by atoms with Crippen molar-refractivity contribution in [2.75, 3.05) is 17.6 Å². The normalized spacial score (nSPS) is 12.5. The van der Waals surface area contributed by atoms with E-state index in [2.05, 4.69) is 5.32 Å². The molecule has 0 spiro atoms. The first-order chi connectivity index (χ1) is 12.6. The zero-order chi connectivity index (χ0) is 20.2. The Balaban J connectivity index is 2.41. The molecule has 0 saturated carbocycles. The van der Waals surface area contributed by atoms with Gasteiger partial charge in [-0.25, -0.2) is 0 Å². The maximum Gasteiger partial charge on any atom is 0.417 e. The van der Waals surface area contributed by atoms with Gasteiger partial charge in [-0.2, -0.15) is 13.2 Å². The van der Waals surface area contributed by atoms with Crippen molar-refractivity contribution in [3.63, 3.8) is 0 Å². The Morgan fingerprint density at radius 2 is 1.96 bits per heavy atom. The number of carbonyl (C=O) groups is 1. The molecule has 0 heterocycles. The third-order valence-electron chi connectivity index (χ3n) is 3.37. The Bertz CT molecular complexity index is 874. The summed E-state index contributed by atoms with van der Waals surface area (Å²) < 4.78 is 57.4. The first-order valence-electron chi connectivity index (χ1n) is 7.64. The van der Waals surface area contributed by atoms with Crippen LogP contribution in [0.25, 0.3) is 0 Å². The second kappa shape index (κ2) is 8.62. The minimum absolute atomic E-state index is 0.0425. The molecular formula is C17H15ClF3NO4S. The lowest BCUT2D eigenvalue weighted by Crippen LogP contribution is -2.13. The summed E-state index contributed by atoms with van der Waals surface area (Å²) in [6.45, 7) is 1.10. The number of aliphatic carboxylic acids is 1. The van der Waals surface area contributed by atoms with E-state index in [1.165, 1.54) is 31.2 Å². The highest BCUT2D eigenvalue weighted by molar-refractivity contribution is 7.85. The Morgan fingerprint density at radius 3 is 2.56 bits per heavy atom. The molecular weight excluding hydrogens is 407 g/mol. The fourth-order valence-corrected chi connectivity index (χ4v) is 3.29. The van der Waals surface area contributed by atoms with Crippen LogP contribution in [0.2, 0.25) is 5.02 Å². The van der Waals surface area contributed by atoms with Gasteiger partial charge in [-0.05, 0) is 30.3 Å². The maximum absolute atomic E-state index is 13.3. The first-order valence-corrected chi connectivity index (χ1v) is 9.34. The Hall–Kier alpha value is -2.26. The third-order valence-corrected chi connectivity index (χ3v) is 4.97. The molecule has 0 fully saturated rings. The third kappa shape index (κ3) is 5.61. The van der Waals surface area contributed by atoms with E-state index in [4.69, 9.17) is 21.4 Å². The van der Waals surface area contributed by atoms with E-state index in [0.29, 0.717) is 0 Å². The number of halogens is 4. The van der Waals surface area contributed by atoms with Crippen LogP contribution in [0, 0.1) is 0 Å². The van der Waals surface area contributed by atoms with Gasteiger partial charge in [0.2, 0.25) is 0 Å². The molecule has 0 saturated heterocycles. The molecule has 0 radical (unpaired) electrons. The van der Waals surface area contributed by atoms with Gasteiger partial charge in [-0.1, -0.05) is 18.5 Å². The second-order valence-corrected chi connectivity index (χ2v) is 7.42. The van der Waals surface area contributed by atoms with Gasteiger partial charge < -0.3 is 15.2 Å². The molecule has 5 nitrogen and oxygen atoms in total. The molecule has 0 aliphatic heterocycles. The largest absolute Gasteiger partial charge is 0.480 e. The summed E-state index contributed by atoms with van der Waals surface area (Å²) in [4.78, 5) is 10.4. The van der Waals surface area contributed by atoms with Crippen LogP contribution in [0.1, 0.15) is 12.5 Å². The zero-order valence-electron chi connectivity index (χ0n) is 14.0. The average Bonchev–Trinajstić information content (AvgIpc) is 2.59. The molecule has 0 bridgehead atoms. The first kappa shape index (κ1) is 21.0. The van der Waals surface area contributed by atoms with Gasteiger partial charge in [0, 0.05) is 16.8 Å². The van der Waals surface area contributed by atoms with Crippen molar-refractivity contribution >= 4 is 34.1 Å². The molecule has 0 aromatic heterocycles. The minimum atomic E-state index is -4.71. The van der Waals surface area contributed by atoms with Gasteiger partial charge in [0.25, 0.3) is 0 Å². The van der Waals surface area contributed by atoms with E-state index in [1.54, 1.807) is 0 Å². The molecule has 2 rings (SSSR count). The van der Waals surface area contributed by atoms with Crippen LogP contribution in [0.4, 0.5) is 18.9 Å². The molecule has 1 unspecified atom stereocenters. The number of benzene rings is 2. The monoisotopic (exact) mass is 421 g/mol. The predicted molar refractivity (Wildman–Crippen MR) is 96.0 cm³/mol. The van der Waals surface area contributed by atoms with Crippen molar-refractivity contribution in [2.24, 2.45) is 0 Å². The number of nitrogens with one attached hydrogen (secondary N) is 1. The van der Waals surface area contributed by atoms with E-state index in [1.807, 2.05) is 0 Å². The van der Waals surface area contributed by atoms with E-state index in [9.17, 15) is 22.2 Å². The van der Waals surface area contributed by atoms with Crippen LogP contribution >= 0.6 is 11.6 Å². The molecule has 2 aromatic rings. The Kier molecular flexibility index (Phi) is 6.72. The Labute approximate surface area is 160 Å². The fraction of sp³-hybridized carbons (Fsp3) is 0.235. The molecule has 146 valence electrons. The van der Waals surface area contributed by atoms with Crippen LogP contribution in [0.3, 0.4) is 0 Å². The summed E-state index contributed by atoms with van der Waals surface area (Å²) in [5.41, 5.74) is -0.807. The standard InChI is InChI=1S/C17H15ClF3NO4S/c1-2-27(25)15-6-4-11(8-12(15)17(19,20)21)26-14-7-10(18)3-5-13(14)22-9-16(23)24/h3-8,22H,2,9H2,1H3,(H,23,24). The number of carboxylic acids is 1. The lowest BCUT2D eigenvalue weighted by atomic mass is 10.2. The predicted octanol–water partition coefficient (Wildman–Crippen LogP) is 4.78. The molecule has 0 amide bonds. The Morgan fingerprint density at radius 1 is 1.26 bits per heavy atom. The highest BCUT2D eigenvalue weighted by Gasteiger charge is 2.35. The van der Waals surface area contributed by atoms with Crippen molar-refractivity contribution in [2.45, 2.75) is 18.0 Å². The van der Waals surface area contributed by atoms with E-state index < -0.39 is 35.1 Å². The second-order valence-electron chi connectivity index (χ2n) is 5.28.